The fraction of sp³-hybridized carbons (Fsp3) is 0.200. The highest BCUT2D eigenvalue weighted by molar-refractivity contribution is 5.87. The Morgan fingerprint density at radius 2 is 2.47 bits per heavy atom. The average molecular weight is 207 g/mol. The molecule has 0 saturated carbocycles. The number of esters is 1. The van der Waals surface area contributed by atoms with E-state index in [4.69, 9.17) is 13.7 Å². The van der Waals surface area contributed by atoms with E-state index in [9.17, 15) is 4.79 Å². The van der Waals surface area contributed by atoms with Crippen LogP contribution in [0.3, 0.4) is 0 Å². The van der Waals surface area contributed by atoms with Gasteiger partial charge in [0.15, 0.2) is 5.76 Å². The van der Waals surface area contributed by atoms with Crippen LogP contribution in [0, 0.1) is 0 Å². The molecule has 5 heteroatoms. The lowest BCUT2D eigenvalue weighted by atomic mass is 10.3. The highest BCUT2D eigenvalue weighted by Gasteiger charge is 2.15. The van der Waals surface area contributed by atoms with Crippen molar-refractivity contribution < 1.29 is 18.5 Å². The van der Waals surface area contributed by atoms with Gasteiger partial charge in [-0.25, -0.2) is 4.79 Å². The maximum atomic E-state index is 11.2. The van der Waals surface area contributed by atoms with Gasteiger partial charge in [0.25, 0.3) is 0 Å². The summed E-state index contributed by atoms with van der Waals surface area (Å²) in [6.45, 7) is 2.03. The second-order valence-electron chi connectivity index (χ2n) is 2.77. The highest BCUT2D eigenvalue weighted by atomic mass is 16.6. The molecule has 0 aliphatic heterocycles. The number of nitrogens with zero attached hydrogens (tertiary/aromatic N) is 1. The summed E-state index contributed by atoms with van der Waals surface area (Å²) in [7, 11) is 0. The van der Waals surface area contributed by atoms with E-state index in [-0.39, 0.29) is 5.76 Å². The topological polar surface area (TPSA) is 65.5 Å². The number of carbonyl (C=O) groups is 1. The predicted octanol–water partition coefficient (Wildman–Crippen LogP) is 2.11. The number of ether oxygens (including phenoxy) is 1. The van der Waals surface area contributed by atoms with Gasteiger partial charge in [0.2, 0.25) is 5.76 Å². The molecule has 0 amide bonds. The van der Waals surface area contributed by atoms with Crippen LogP contribution < -0.4 is 0 Å². The summed E-state index contributed by atoms with van der Waals surface area (Å²) >= 11 is 0. The van der Waals surface area contributed by atoms with Gasteiger partial charge in [-0.2, -0.15) is 0 Å². The maximum absolute atomic E-state index is 11.2. The van der Waals surface area contributed by atoms with Gasteiger partial charge in [-0.1, -0.05) is 5.16 Å². The second-order valence-corrected chi connectivity index (χ2v) is 2.77. The fourth-order valence-corrected chi connectivity index (χ4v) is 1.11. The molecule has 2 heterocycles. The molecule has 0 aromatic carbocycles. The Balaban J connectivity index is 2.21. The average Bonchev–Trinajstić information content (AvgIpc) is 2.89. The van der Waals surface area contributed by atoms with Gasteiger partial charge in [-0.3, -0.25) is 0 Å². The zero-order valence-electron chi connectivity index (χ0n) is 8.10. The van der Waals surface area contributed by atoms with Gasteiger partial charge in [0, 0.05) is 6.07 Å². The number of hydrogen-bond donors (Lipinski definition) is 0. The number of rotatable bonds is 3. The van der Waals surface area contributed by atoms with E-state index in [1.54, 1.807) is 19.1 Å². The molecule has 0 spiro atoms. The smallest absolute Gasteiger partial charge is 0.377 e. The Hall–Kier alpha value is -2.04. The molecule has 0 unspecified atom stereocenters. The van der Waals surface area contributed by atoms with E-state index in [0.717, 1.165) is 0 Å². The van der Waals surface area contributed by atoms with Crippen molar-refractivity contribution in [1.82, 2.24) is 5.16 Å². The molecule has 78 valence electrons. The molecule has 2 rings (SSSR count). The third-order valence-electron chi connectivity index (χ3n) is 1.76. The lowest BCUT2D eigenvalue weighted by molar-refractivity contribution is 0.0480. The summed E-state index contributed by atoms with van der Waals surface area (Å²) in [6, 6.07) is 4.94. The van der Waals surface area contributed by atoms with Crippen LogP contribution in [0.4, 0.5) is 0 Å². The standard InChI is InChI=1S/C10H9NO4/c1-2-13-10(12)9-6-7(11-15-9)8-4-3-5-14-8/h3-6H,2H2,1H3. The molecule has 0 N–H and O–H groups in total. The predicted molar refractivity (Wildman–Crippen MR) is 50.2 cm³/mol. The van der Waals surface area contributed by atoms with E-state index >= 15 is 0 Å². The molecule has 0 atom stereocenters. The lowest BCUT2D eigenvalue weighted by Crippen LogP contribution is -2.02. The molecule has 0 fully saturated rings. The zero-order chi connectivity index (χ0) is 10.7. The SMILES string of the molecule is CCOC(=O)c1cc(-c2ccco2)no1. The van der Waals surface area contributed by atoms with Crippen LogP contribution in [0.15, 0.2) is 33.4 Å². The molecule has 5 nitrogen and oxygen atoms in total. The Kier molecular flexibility index (Phi) is 2.53. The van der Waals surface area contributed by atoms with Crippen LogP contribution in [0.1, 0.15) is 17.5 Å². The van der Waals surface area contributed by atoms with Crippen molar-refractivity contribution in [2.45, 2.75) is 6.92 Å². The quantitative estimate of drug-likeness (QED) is 0.721. The van der Waals surface area contributed by atoms with Crippen LogP contribution in [-0.2, 0) is 4.74 Å². The van der Waals surface area contributed by atoms with E-state index in [1.165, 1.54) is 12.3 Å². The Morgan fingerprint density at radius 1 is 1.60 bits per heavy atom. The van der Waals surface area contributed by atoms with E-state index in [1.807, 2.05) is 0 Å². The van der Waals surface area contributed by atoms with Gasteiger partial charge >= 0.3 is 5.97 Å². The molecule has 0 bridgehead atoms. The van der Waals surface area contributed by atoms with Crippen LogP contribution in [0.2, 0.25) is 0 Å². The first kappa shape index (κ1) is 9.51. The van der Waals surface area contributed by atoms with Crippen molar-refractivity contribution in [1.29, 1.82) is 0 Å². The molecule has 0 saturated heterocycles. The summed E-state index contributed by atoms with van der Waals surface area (Å²) in [5.74, 6) is 0.0976. The van der Waals surface area contributed by atoms with E-state index in [2.05, 4.69) is 5.16 Å². The third kappa shape index (κ3) is 1.90. The lowest BCUT2D eigenvalue weighted by Gasteiger charge is -1.94. The monoisotopic (exact) mass is 207 g/mol. The van der Waals surface area contributed by atoms with Crippen LogP contribution in [0.5, 0.6) is 0 Å². The first-order chi connectivity index (χ1) is 7.31. The van der Waals surface area contributed by atoms with Gasteiger partial charge in [0.1, 0.15) is 5.69 Å². The van der Waals surface area contributed by atoms with Gasteiger partial charge in [0.05, 0.1) is 12.9 Å². The molecule has 2 aromatic rings. The van der Waals surface area contributed by atoms with Crippen molar-refractivity contribution in [3.8, 4) is 11.5 Å². The largest absolute Gasteiger partial charge is 0.463 e. The summed E-state index contributed by atoms with van der Waals surface area (Å²) in [4.78, 5) is 11.2. The van der Waals surface area contributed by atoms with Crippen LogP contribution >= 0.6 is 0 Å². The number of aromatic nitrogens is 1. The van der Waals surface area contributed by atoms with Crippen molar-refractivity contribution in [3.05, 3.63) is 30.2 Å². The van der Waals surface area contributed by atoms with Crippen LogP contribution in [-0.4, -0.2) is 17.7 Å². The molecule has 15 heavy (non-hydrogen) atoms. The van der Waals surface area contributed by atoms with E-state index in [0.29, 0.717) is 18.1 Å². The fourth-order valence-electron chi connectivity index (χ4n) is 1.11. The first-order valence-electron chi connectivity index (χ1n) is 4.49. The summed E-state index contributed by atoms with van der Waals surface area (Å²) in [5.41, 5.74) is 0.475. The van der Waals surface area contributed by atoms with Crippen molar-refractivity contribution in [2.75, 3.05) is 6.61 Å². The second kappa shape index (κ2) is 4.00. The summed E-state index contributed by atoms with van der Waals surface area (Å²) in [5, 5.41) is 3.69. The Labute approximate surface area is 85.6 Å². The molecule has 0 aliphatic carbocycles. The first-order valence-corrected chi connectivity index (χ1v) is 4.49. The third-order valence-corrected chi connectivity index (χ3v) is 1.76. The normalized spacial score (nSPS) is 10.2. The number of furan rings is 1. The highest BCUT2D eigenvalue weighted by Crippen LogP contribution is 2.19. The summed E-state index contributed by atoms with van der Waals surface area (Å²) in [6.07, 6.45) is 1.52. The van der Waals surface area contributed by atoms with Crippen molar-refractivity contribution in [2.24, 2.45) is 0 Å². The minimum absolute atomic E-state index is 0.0725. The van der Waals surface area contributed by atoms with Gasteiger partial charge in [-0.15, -0.1) is 0 Å². The Bertz CT molecular complexity index is 444. The molecular formula is C10H9NO4. The van der Waals surface area contributed by atoms with Crippen LogP contribution in [0.25, 0.3) is 11.5 Å². The number of carbonyl (C=O) groups excluding carboxylic acids is 1. The van der Waals surface area contributed by atoms with Crippen molar-refractivity contribution >= 4 is 5.97 Å². The molecule has 0 radical (unpaired) electrons. The van der Waals surface area contributed by atoms with Gasteiger partial charge in [-0.05, 0) is 19.1 Å². The summed E-state index contributed by atoms with van der Waals surface area (Å²) < 4.78 is 14.7. The minimum atomic E-state index is -0.525. The molecule has 0 aliphatic rings. The maximum Gasteiger partial charge on any atom is 0.377 e. The Morgan fingerprint density at radius 3 is 3.13 bits per heavy atom. The van der Waals surface area contributed by atoms with Gasteiger partial charge < -0.3 is 13.7 Å². The zero-order valence-corrected chi connectivity index (χ0v) is 8.10. The molecular weight excluding hydrogens is 198 g/mol. The number of hydrogen-bond acceptors (Lipinski definition) is 5. The molecule has 2 aromatic heterocycles. The van der Waals surface area contributed by atoms with Crippen molar-refractivity contribution in [3.63, 3.8) is 0 Å². The van der Waals surface area contributed by atoms with E-state index < -0.39 is 5.97 Å². The minimum Gasteiger partial charge on any atom is -0.463 e.